The fourth-order valence-electron chi connectivity index (χ4n) is 3.04. The fourth-order valence-corrected chi connectivity index (χ4v) is 3.04. The van der Waals surface area contributed by atoms with Crippen molar-refractivity contribution in [1.82, 2.24) is 9.97 Å². The number of aryl methyl sites for hydroxylation is 2. The Kier molecular flexibility index (Phi) is 3.38. The number of aromatic amines is 1. The highest BCUT2D eigenvalue weighted by Crippen LogP contribution is 2.38. The highest BCUT2D eigenvalue weighted by molar-refractivity contribution is 5.95. The molecule has 7 heteroatoms. The number of carbonyl (C=O) groups is 1. The molecule has 2 heterocycles. The van der Waals surface area contributed by atoms with Gasteiger partial charge in [0.1, 0.15) is 11.3 Å². The highest BCUT2D eigenvalue weighted by atomic mass is 19.4. The van der Waals surface area contributed by atoms with Crippen molar-refractivity contribution >= 4 is 17.0 Å². The number of hydrogen-bond acceptors (Lipinski definition) is 3. The minimum absolute atomic E-state index is 0.0493. The average Bonchev–Trinajstić information content (AvgIpc) is 2.89. The van der Waals surface area contributed by atoms with E-state index in [1.165, 1.54) is 7.11 Å². The summed E-state index contributed by atoms with van der Waals surface area (Å²) < 4.78 is 43.5. The molecule has 0 saturated carbocycles. The lowest BCUT2D eigenvalue weighted by Crippen LogP contribution is -2.29. The van der Waals surface area contributed by atoms with Crippen molar-refractivity contribution in [3.63, 3.8) is 0 Å². The summed E-state index contributed by atoms with van der Waals surface area (Å²) in [6, 6.07) is 1.58. The van der Waals surface area contributed by atoms with Gasteiger partial charge in [-0.2, -0.15) is 13.2 Å². The number of nitrogens with one attached hydrogen (secondary N) is 1. The normalized spacial score (nSPS) is 18.3. The summed E-state index contributed by atoms with van der Waals surface area (Å²) in [6.45, 7) is 1.77. The van der Waals surface area contributed by atoms with Crippen molar-refractivity contribution in [2.24, 2.45) is 5.92 Å². The maximum absolute atomic E-state index is 12.9. The third-order valence-electron chi connectivity index (χ3n) is 4.30. The van der Waals surface area contributed by atoms with E-state index in [1.54, 1.807) is 13.0 Å². The number of nitrogens with zero attached hydrogens (tertiary/aromatic N) is 1. The molecule has 22 heavy (non-hydrogen) atoms. The van der Waals surface area contributed by atoms with Crippen LogP contribution in [-0.2, 0) is 17.6 Å². The molecule has 2 aromatic rings. The molecule has 1 atom stereocenters. The van der Waals surface area contributed by atoms with Gasteiger partial charge in [0.25, 0.3) is 0 Å². The van der Waals surface area contributed by atoms with E-state index >= 15 is 0 Å². The molecule has 4 nitrogen and oxygen atoms in total. The van der Waals surface area contributed by atoms with Crippen LogP contribution >= 0.6 is 0 Å². The van der Waals surface area contributed by atoms with Crippen LogP contribution in [0, 0.1) is 12.8 Å². The molecule has 0 aliphatic heterocycles. The predicted molar refractivity (Wildman–Crippen MR) is 73.7 cm³/mol. The molecule has 1 unspecified atom stereocenters. The molecule has 3 rings (SSSR count). The zero-order chi connectivity index (χ0) is 16.1. The van der Waals surface area contributed by atoms with Crippen LogP contribution < -0.4 is 0 Å². The van der Waals surface area contributed by atoms with Crippen molar-refractivity contribution in [1.29, 1.82) is 0 Å². The molecule has 1 N–H and O–H groups in total. The van der Waals surface area contributed by atoms with Crippen LogP contribution in [0.25, 0.3) is 11.0 Å². The van der Waals surface area contributed by atoms with E-state index in [0.29, 0.717) is 28.7 Å². The van der Waals surface area contributed by atoms with E-state index in [4.69, 9.17) is 0 Å². The maximum Gasteiger partial charge on any atom is 0.392 e. The first-order valence-electron chi connectivity index (χ1n) is 6.97. The van der Waals surface area contributed by atoms with Crippen LogP contribution in [0.2, 0.25) is 0 Å². The molecule has 0 fully saturated rings. The van der Waals surface area contributed by atoms with Gasteiger partial charge in [-0.15, -0.1) is 0 Å². The van der Waals surface area contributed by atoms with Gasteiger partial charge in [-0.3, -0.25) is 0 Å². The number of methoxy groups -OCH3 is 1. The molecule has 1 aliphatic rings. The van der Waals surface area contributed by atoms with Crippen molar-refractivity contribution in [2.75, 3.05) is 7.11 Å². The van der Waals surface area contributed by atoms with E-state index in [2.05, 4.69) is 14.7 Å². The maximum atomic E-state index is 12.9. The number of ether oxygens (including phenoxy) is 1. The van der Waals surface area contributed by atoms with Gasteiger partial charge in [-0.05, 0) is 43.4 Å². The summed E-state index contributed by atoms with van der Waals surface area (Å²) >= 11 is 0. The molecular weight excluding hydrogens is 297 g/mol. The van der Waals surface area contributed by atoms with Crippen molar-refractivity contribution < 1.29 is 22.7 Å². The summed E-state index contributed by atoms with van der Waals surface area (Å²) in [4.78, 5) is 18.8. The van der Waals surface area contributed by atoms with E-state index in [-0.39, 0.29) is 18.5 Å². The fraction of sp³-hybridized carbons (Fsp3) is 0.467. The summed E-state index contributed by atoms with van der Waals surface area (Å²) in [7, 11) is 1.27. The number of alkyl halides is 3. The van der Waals surface area contributed by atoms with Gasteiger partial charge >= 0.3 is 12.1 Å². The van der Waals surface area contributed by atoms with Crippen LogP contribution in [0.15, 0.2) is 6.07 Å². The van der Waals surface area contributed by atoms with Crippen LogP contribution in [0.1, 0.15) is 33.7 Å². The number of carbonyl (C=O) groups excluding carboxylic acids is 1. The zero-order valence-corrected chi connectivity index (χ0v) is 12.2. The second-order valence-electron chi connectivity index (χ2n) is 5.58. The van der Waals surface area contributed by atoms with Crippen molar-refractivity contribution in [3.8, 4) is 0 Å². The average molecular weight is 312 g/mol. The molecule has 0 bridgehead atoms. The molecule has 0 radical (unpaired) electrons. The number of aromatic nitrogens is 2. The lowest BCUT2D eigenvalue weighted by Gasteiger charge is -2.27. The molecule has 2 aromatic heterocycles. The summed E-state index contributed by atoms with van der Waals surface area (Å²) in [6.07, 6.45) is -3.89. The number of H-pyrrole nitrogens is 1. The van der Waals surface area contributed by atoms with Crippen molar-refractivity contribution in [3.05, 3.63) is 28.6 Å². The monoisotopic (exact) mass is 312 g/mol. The number of esters is 1. The Morgan fingerprint density at radius 2 is 2.18 bits per heavy atom. The quantitative estimate of drug-likeness (QED) is 0.822. The van der Waals surface area contributed by atoms with E-state index in [1.807, 2.05) is 0 Å². The Balaban J connectivity index is 2.08. The van der Waals surface area contributed by atoms with Crippen LogP contribution in [0.3, 0.4) is 0 Å². The Hall–Kier alpha value is -2.05. The second kappa shape index (κ2) is 5.00. The van der Waals surface area contributed by atoms with E-state index < -0.39 is 18.1 Å². The predicted octanol–water partition coefficient (Wildman–Crippen LogP) is 3.33. The van der Waals surface area contributed by atoms with Gasteiger partial charge < -0.3 is 9.72 Å². The molecular formula is C15H15F3N2O2. The van der Waals surface area contributed by atoms with Crippen LogP contribution in [0.4, 0.5) is 13.2 Å². The van der Waals surface area contributed by atoms with Gasteiger partial charge in [-0.1, -0.05) is 0 Å². The van der Waals surface area contributed by atoms with E-state index in [0.717, 1.165) is 5.56 Å². The first-order valence-corrected chi connectivity index (χ1v) is 6.97. The summed E-state index contributed by atoms with van der Waals surface area (Å²) in [5.41, 5.74) is 2.85. The first-order chi connectivity index (χ1) is 10.3. The molecule has 0 amide bonds. The van der Waals surface area contributed by atoms with Gasteiger partial charge in [0.05, 0.1) is 13.0 Å². The SMILES string of the molecule is COC(=O)c1cc2c(C)c3c(nc2[nH]1)CCC(C(F)(F)F)C3. The van der Waals surface area contributed by atoms with Gasteiger partial charge in [0.15, 0.2) is 0 Å². The smallest absolute Gasteiger partial charge is 0.392 e. The van der Waals surface area contributed by atoms with Crippen LogP contribution in [0.5, 0.6) is 0 Å². The topological polar surface area (TPSA) is 55.0 Å². The first kappa shape index (κ1) is 14.9. The number of rotatable bonds is 1. The number of halogens is 3. The minimum atomic E-state index is -4.19. The third-order valence-corrected chi connectivity index (χ3v) is 4.30. The number of pyridine rings is 1. The van der Waals surface area contributed by atoms with Gasteiger partial charge in [-0.25, -0.2) is 9.78 Å². The summed E-state index contributed by atoms with van der Waals surface area (Å²) in [5, 5.41) is 0.668. The third kappa shape index (κ3) is 2.34. The Labute approximate surface area is 124 Å². The Morgan fingerprint density at radius 3 is 2.82 bits per heavy atom. The summed E-state index contributed by atoms with van der Waals surface area (Å²) in [5.74, 6) is -1.85. The second-order valence-corrected chi connectivity index (χ2v) is 5.58. The minimum Gasteiger partial charge on any atom is -0.464 e. The number of hydrogen-bond donors (Lipinski definition) is 1. The Morgan fingerprint density at radius 1 is 1.45 bits per heavy atom. The molecule has 0 spiro atoms. The molecule has 0 saturated heterocycles. The largest absolute Gasteiger partial charge is 0.464 e. The van der Waals surface area contributed by atoms with Gasteiger partial charge in [0, 0.05) is 11.1 Å². The molecule has 118 valence electrons. The standard InChI is InChI=1S/C15H15F3N2O2/c1-7-9-5-8(15(16,17)18)3-4-11(9)19-13-10(7)6-12(20-13)14(21)22-2/h6,8H,3-5H2,1-2H3,(H,19,20). The Bertz CT molecular complexity index is 749. The van der Waals surface area contributed by atoms with Gasteiger partial charge in [0.2, 0.25) is 0 Å². The van der Waals surface area contributed by atoms with E-state index in [9.17, 15) is 18.0 Å². The van der Waals surface area contributed by atoms with Crippen molar-refractivity contribution in [2.45, 2.75) is 32.4 Å². The lowest BCUT2D eigenvalue weighted by atomic mass is 9.83. The highest BCUT2D eigenvalue weighted by Gasteiger charge is 2.42. The van der Waals surface area contributed by atoms with Crippen LogP contribution in [-0.4, -0.2) is 29.2 Å². The zero-order valence-electron chi connectivity index (χ0n) is 12.2. The molecule has 1 aliphatic carbocycles. The molecule has 0 aromatic carbocycles. The number of fused-ring (bicyclic) bond motifs is 2. The lowest BCUT2D eigenvalue weighted by molar-refractivity contribution is -0.177.